The Balaban J connectivity index is 1.48. The minimum absolute atomic E-state index is 0.0146. The fourth-order valence-electron chi connectivity index (χ4n) is 5.56. The summed E-state index contributed by atoms with van der Waals surface area (Å²) in [5.41, 5.74) is 2.04. The summed E-state index contributed by atoms with van der Waals surface area (Å²) >= 11 is 1.75. The molecule has 3 aromatic rings. The molecule has 1 atom stereocenters. The number of aryl methyl sites for hydroxylation is 1. The number of amides is 2. The molecular weight excluding hydrogens is 442 g/mol. The van der Waals surface area contributed by atoms with Gasteiger partial charge in [0, 0.05) is 17.5 Å². The number of thiophene rings is 1. The number of hydrogen-bond donors (Lipinski definition) is 1. The molecule has 2 amide bonds. The van der Waals surface area contributed by atoms with Gasteiger partial charge in [0.15, 0.2) is 0 Å². The van der Waals surface area contributed by atoms with Crippen molar-refractivity contribution in [2.24, 2.45) is 0 Å². The molecule has 1 aliphatic heterocycles. The quantitative estimate of drug-likeness (QED) is 0.473. The van der Waals surface area contributed by atoms with E-state index < -0.39 is 5.54 Å². The molecular formula is C28H35N3O2S. The molecule has 1 aliphatic carbocycles. The van der Waals surface area contributed by atoms with Gasteiger partial charge < -0.3 is 14.8 Å². The summed E-state index contributed by atoms with van der Waals surface area (Å²) < 4.78 is 3.23. The number of rotatable bonds is 6. The van der Waals surface area contributed by atoms with Crippen molar-refractivity contribution >= 4 is 33.4 Å². The highest BCUT2D eigenvalue weighted by molar-refractivity contribution is 7.19. The van der Waals surface area contributed by atoms with E-state index in [4.69, 9.17) is 0 Å². The van der Waals surface area contributed by atoms with Crippen LogP contribution in [0.4, 0.5) is 0 Å². The minimum atomic E-state index is -0.925. The predicted octanol–water partition coefficient (Wildman–Crippen LogP) is 5.56. The van der Waals surface area contributed by atoms with Crippen LogP contribution in [0.25, 0.3) is 10.2 Å². The van der Waals surface area contributed by atoms with E-state index in [1.54, 1.807) is 11.3 Å². The first-order valence-electron chi connectivity index (χ1n) is 12.8. The maximum atomic E-state index is 13.9. The second-order valence-electron chi connectivity index (χ2n) is 10.1. The molecule has 2 aromatic heterocycles. The van der Waals surface area contributed by atoms with E-state index in [1.165, 1.54) is 23.3 Å². The van der Waals surface area contributed by atoms with Crippen LogP contribution >= 0.6 is 11.3 Å². The maximum absolute atomic E-state index is 13.9. The summed E-state index contributed by atoms with van der Waals surface area (Å²) in [7, 11) is 0. The van der Waals surface area contributed by atoms with E-state index in [2.05, 4.69) is 35.0 Å². The number of hydrogen-bond acceptors (Lipinski definition) is 3. The van der Waals surface area contributed by atoms with Gasteiger partial charge in [-0.05, 0) is 50.3 Å². The molecule has 0 bridgehead atoms. The Morgan fingerprint density at radius 2 is 1.85 bits per heavy atom. The van der Waals surface area contributed by atoms with Gasteiger partial charge in [-0.3, -0.25) is 9.59 Å². The van der Waals surface area contributed by atoms with Gasteiger partial charge in [-0.15, -0.1) is 11.3 Å². The number of carbonyl (C=O) groups is 2. The first-order valence-corrected chi connectivity index (χ1v) is 13.6. The largest absolute Gasteiger partial charge is 0.351 e. The Morgan fingerprint density at radius 1 is 1.12 bits per heavy atom. The third-order valence-corrected chi connectivity index (χ3v) is 8.88. The molecule has 2 aliphatic rings. The Bertz CT molecular complexity index is 1170. The van der Waals surface area contributed by atoms with E-state index in [1.807, 2.05) is 36.1 Å². The first-order chi connectivity index (χ1) is 16.5. The highest BCUT2D eigenvalue weighted by Gasteiger charge is 2.48. The molecule has 1 saturated carbocycles. The zero-order valence-electron chi connectivity index (χ0n) is 20.3. The molecule has 0 saturated heterocycles. The van der Waals surface area contributed by atoms with E-state index in [0.29, 0.717) is 18.8 Å². The van der Waals surface area contributed by atoms with Gasteiger partial charge in [0.25, 0.3) is 5.91 Å². The third-order valence-electron chi connectivity index (χ3n) is 7.66. The second kappa shape index (κ2) is 9.57. The number of benzene rings is 1. The summed E-state index contributed by atoms with van der Waals surface area (Å²) in [5, 5.41) is 3.36. The minimum Gasteiger partial charge on any atom is -0.351 e. The fraction of sp³-hybridized carbons (Fsp3) is 0.500. The van der Waals surface area contributed by atoms with Crippen LogP contribution in [-0.2, 0) is 24.2 Å². The molecule has 0 radical (unpaired) electrons. The summed E-state index contributed by atoms with van der Waals surface area (Å²) in [5.74, 6) is -0.0543. The third kappa shape index (κ3) is 4.28. The monoisotopic (exact) mass is 477 g/mol. The van der Waals surface area contributed by atoms with Crippen LogP contribution in [0.1, 0.15) is 73.3 Å². The number of fused-ring (bicyclic) bond motifs is 3. The molecule has 3 heterocycles. The lowest BCUT2D eigenvalue weighted by molar-refractivity contribution is -0.133. The zero-order valence-corrected chi connectivity index (χ0v) is 21.1. The maximum Gasteiger partial charge on any atom is 0.271 e. The van der Waals surface area contributed by atoms with E-state index in [9.17, 15) is 9.59 Å². The van der Waals surface area contributed by atoms with Crippen molar-refractivity contribution in [1.82, 2.24) is 14.8 Å². The van der Waals surface area contributed by atoms with Crippen LogP contribution in [0.5, 0.6) is 0 Å². The lowest BCUT2D eigenvalue weighted by Gasteiger charge is -2.44. The van der Waals surface area contributed by atoms with Crippen molar-refractivity contribution in [3.8, 4) is 0 Å². The summed E-state index contributed by atoms with van der Waals surface area (Å²) in [6, 6.07) is 14.7. The van der Waals surface area contributed by atoms with Gasteiger partial charge in [0.05, 0.1) is 16.8 Å². The zero-order chi connectivity index (χ0) is 23.7. The van der Waals surface area contributed by atoms with Crippen LogP contribution in [0.15, 0.2) is 42.5 Å². The van der Waals surface area contributed by atoms with Gasteiger partial charge in [-0.2, -0.15) is 0 Å². The average molecular weight is 478 g/mol. The van der Waals surface area contributed by atoms with Crippen LogP contribution in [0.3, 0.4) is 0 Å². The molecule has 1 fully saturated rings. The summed E-state index contributed by atoms with van der Waals surface area (Å²) in [6.45, 7) is 5.13. The van der Waals surface area contributed by atoms with Crippen LogP contribution in [0.2, 0.25) is 0 Å². The summed E-state index contributed by atoms with van der Waals surface area (Å²) in [4.78, 5) is 30.9. The molecule has 1 aromatic carbocycles. The van der Waals surface area contributed by atoms with Gasteiger partial charge in [-0.25, -0.2) is 0 Å². The normalized spacial score (nSPS) is 21.5. The smallest absolute Gasteiger partial charge is 0.271 e. The van der Waals surface area contributed by atoms with Gasteiger partial charge in [0.2, 0.25) is 5.91 Å². The van der Waals surface area contributed by atoms with Crippen molar-refractivity contribution < 1.29 is 9.59 Å². The van der Waals surface area contributed by atoms with Gasteiger partial charge >= 0.3 is 0 Å². The van der Waals surface area contributed by atoms with Crippen molar-refractivity contribution in [3.63, 3.8) is 0 Å². The van der Waals surface area contributed by atoms with E-state index >= 15 is 0 Å². The number of nitrogens with zero attached hydrogens (tertiary/aromatic N) is 2. The molecule has 1 unspecified atom stereocenters. The standard InChI is InChI=1S/C28H35N3O2S/c1-3-22-17-23-25(34-22)18-24-26(32)31(16-15-20-11-7-6-8-12-20)28(2,19-30(23)24)27(33)29-21-13-9-4-5-10-14-21/h6-8,11-12,17-18,21H,3-5,9-10,13-16,19H2,1-2H3,(H,29,33). The first kappa shape index (κ1) is 23.2. The van der Waals surface area contributed by atoms with E-state index in [0.717, 1.165) is 48.7 Å². The highest BCUT2D eigenvalue weighted by Crippen LogP contribution is 2.36. The highest BCUT2D eigenvalue weighted by atomic mass is 32.1. The van der Waals surface area contributed by atoms with E-state index in [-0.39, 0.29) is 17.9 Å². The number of nitrogens with one attached hydrogen (secondary N) is 1. The van der Waals surface area contributed by atoms with Gasteiger partial charge in [0.1, 0.15) is 11.2 Å². The van der Waals surface area contributed by atoms with Crippen molar-refractivity contribution in [2.45, 2.75) is 83.3 Å². The molecule has 1 N–H and O–H groups in total. The molecule has 34 heavy (non-hydrogen) atoms. The number of carbonyl (C=O) groups excluding carboxylic acids is 2. The Morgan fingerprint density at radius 3 is 2.56 bits per heavy atom. The Hall–Kier alpha value is -2.60. The Labute approximate surface area is 206 Å². The van der Waals surface area contributed by atoms with Crippen LogP contribution in [0, 0.1) is 0 Å². The average Bonchev–Trinajstić information content (AvgIpc) is 3.28. The van der Waals surface area contributed by atoms with Crippen molar-refractivity contribution in [2.75, 3.05) is 6.54 Å². The van der Waals surface area contributed by atoms with Crippen molar-refractivity contribution in [1.29, 1.82) is 0 Å². The molecule has 180 valence electrons. The molecule has 6 heteroatoms. The summed E-state index contributed by atoms with van der Waals surface area (Å²) in [6.07, 6.45) is 8.58. The lowest BCUT2D eigenvalue weighted by atomic mass is 9.93. The topological polar surface area (TPSA) is 54.3 Å². The van der Waals surface area contributed by atoms with Crippen molar-refractivity contribution in [3.05, 3.63) is 58.6 Å². The lowest BCUT2D eigenvalue weighted by Crippen LogP contribution is -2.65. The van der Waals surface area contributed by atoms with Crippen LogP contribution < -0.4 is 5.32 Å². The number of aromatic nitrogens is 1. The molecule has 0 spiro atoms. The second-order valence-corrected chi connectivity index (χ2v) is 11.2. The Kier molecular flexibility index (Phi) is 6.52. The fourth-order valence-corrected chi connectivity index (χ4v) is 6.60. The van der Waals surface area contributed by atoms with Gasteiger partial charge in [-0.1, -0.05) is 62.9 Å². The van der Waals surface area contributed by atoms with Crippen LogP contribution in [-0.4, -0.2) is 39.4 Å². The predicted molar refractivity (Wildman–Crippen MR) is 138 cm³/mol. The molecule has 5 rings (SSSR count). The SMILES string of the molecule is CCc1cc2c(cc3n2CC(C)(C(=O)NC2CCCCCC2)N(CCc2ccccc2)C3=O)s1. The molecule has 5 nitrogen and oxygen atoms in total.